The van der Waals surface area contributed by atoms with Gasteiger partial charge in [0.15, 0.2) is 5.78 Å². The zero-order chi connectivity index (χ0) is 27.8. The highest BCUT2D eigenvalue weighted by atomic mass is 19.4. The van der Waals surface area contributed by atoms with Crippen molar-refractivity contribution < 1.29 is 32.2 Å². The SMILES string of the molecule is Nc1ccc(/C=C/C(=O)CCCOc2ccc(-c3ccc(C(=O)N4CCOCC4)cc3)cc2C(F)(F)F)cn1. The van der Waals surface area contributed by atoms with E-state index in [1.54, 1.807) is 47.4 Å². The number of ether oxygens (including phenoxy) is 2. The molecule has 2 heterocycles. The Hall–Kier alpha value is -4.18. The zero-order valence-corrected chi connectivity index (χ0v) is 21.1. The summed E-state index contributed by atoms with van der Waals surface area (Å²) in [7, 11) is 0. The van der Waals surface area contributed by atoms with Crippen molar-refractivity contribution in [1.29, 1.82) is 0 Å². The summed E-state index contributed by atoms with van der Waals surface area (Å²) >= 11 is 0. The molecule has 1 aliphatic heterocycles. The van der Waals surface area contributed by atoms with E-state index in [1.807, 2.05) is 0 Å². The van der Waals surface area contributed by atoms with Crippen LogP contribution < -0.4 is 10.5 Å². The maximum Gasteiger partial charge on any atom is 0.419 e. The van der Waals surface area contributed by atoms with Crippen molar-refractivity contribution in [2.45, 2.75) is 19.0 Å². The lowest BCUT2D eigenvalue weighted by molar-refractivity contribution is -0.139. The zero-order valence-electron chi connectivity index (χ0n) is 21.1. The van der Waals surface area contributed by atoms with Gasteiger partial charge in [-0.25, -0.2) is 4.98 Å². The molecule has 39 heavy (non-hydrogen) atoms. The number of morpholine rings is 1. The van der Waals surface area contributed by atoms with E-state index < -0.39 is 11.7 Å². The number of aromatic nitrogens is 1. The number of amides is 1. The van der Waals surface area contributed by atoms with E-state index in [1.165, 1.54) is 24.4 Å². The van der Waals surface area contributed by atoms with Crippen molar-refractivity contribution in [2.24, 2.45) is 0 Å². The van der Waals surface area contributed by atoms with E-state index in [0.717, 1.165) is 6.07 Å². The number of nitrogen functional groups attached to an aromatic ring is 1. The largest absolute Gasteiger partial charge is 0.493 e. The van der Waals surface area contributed by atoms with E-state index in [0.29, 0.717) is 54.4 Å². The van der Waals surface area contributed by atoms with E-state index in [9.17, 15) is 22.8 Å². The first-order valence-corrected chi connectivity index (χ1v) is 12.4. The van der Waals surface area contributed by atoms with Crippen LogP contribution in [0.3, 0.4) is 0 Å². The van der Waals surface area contributed by atoms with Crippen LogP contribution >= 0.6 is 0 Å². The predicted octanol–water partition coefficient (Wildman–Crippen LogP) is 5.26. The Balaban J connectivity index is 1.36. The summed E-state index contributed by atoms with van der Waals surface area (Å²) in [6, 6.07) is 13.7. The molecule has 1 aromatic heterocycles. The molecule has 0 radical (unpaired) electrons. The van der Waals surface area contributed by atoms with Gasteiger partial charge in [0.05, 0.1) is 25.4 Å². The van der Waals surface area contributed by atoms with Crippen molar-refractivity contribution in [2.75, 3.05) is 38.6 Å². The number of hydrogen-bond acceptors (Lipinski definition) is 6. The second-order valence-electron chi connectivity index (χ2n) is 8.96. The predicted molar refractivity (Wildman–Crippen MR) is 141 cm³/mol. The van der Waals surface area contributed by atoms with Gasteiger partial charge in [0.2, 0.25) is 0 Å². The van der Waals surface area contributed by atoms with E-state index >= 15 is 0 Å². The van der Waals surface area contributed by atoms with Crippen LogP contribution in [0.25, 0.3) is 17.2 Å². The van der Waals surface area contributed by atoms with Crippen molar-refractivity contribution in [1.82, 2.24) is 9.88 Å². The highest BCUT2D eigenvalue weighted by molar-refractivity contribution is 5.95. The van der Waals surface area contributed by atoms with Crippen molar-refractivity contribution in [3.05, 3.63) is 83.6 Å². The number of anilines is 1. The molecule has 2 N–H and O–H groups in total. The van der Waals surface area contributed by atoms with Gasteiger partial charge in [0, 0.05) is 31.3 Å². The highest BCUT2D eigenvalue weighted by Gasteiger charge is 2.35. The van der Waals surface area contributed by atoms with Gasteiger partial charge in [-0.1, -0.05) is 18.2 Å². The number of benzene rings is 2. The molecule has 2 aromatic carbocycles. The number of halogens is 3. The first kappa shape index (κ1) is 27.8. The maximum atomic E-state index is 13.8. The average Bonchev–Trinajstić information content (AvgIpc) is 2.95. The summed E-state index contributed by atoms with van der Waals surface area (Å²) in [4.78, 5) is 30.3. The summed E-state index contributed by atoms with van der Waals surface area (Å²) in [6.45, 7) is 1.92. The number of ketones is 1. The first-order chi connectivity index (χ1) is 18.7. The van der Waals surface area contributed by atoms with Crippen molar-refractivity contribution in [3.8, 4) is 16.9 Å². The summed E-state index contributed by atoms with van der Waals surface area (Å²) in [5.74, 6) is -0.254. The molecule has 4 rings (SSSR count). The normalized spacial score (nSPS) is 14.0. The third-order valence-corrected chi connectivity index (χ3v) is 6.14. The van der Waals surface area contributed by atoms with Crippen LogP contribution in [-0.4, -0.2) is 54.5 Å². The Bertz CT molecular complexity index is 1320. The third kappa shape index (κ3) is 7.67. The number of nitrogens with two attached hydrogens (primary N) is 1. The molecular weight excluding hydrogens is 511 g/mol. The summed E-state index contributed by atoms with van der Waals surface area (Å²) in [5, 5.41) is 0. The quantitative estimate of drug-likeness (QED) is 0.294. The number of carbonyl (C=O) groups is 2. The second kappa shape index (κ2) is 12.6. The van der Waals surface area contributed by atoms with Crippen LogP contribution in [0.2, 0.25) is 0 Å². The van der Waals surface area contributed by atoms with Crippen molar-refractivity contribution >= 4 is 23.6 Å². The second-order valence-corrected chi connectivity index (χ2v) is 8.96. The van der Waals surface area contributed by atoms with Crippen LogP contribution in [0, 0.1) is 0 Å². The summed E-state index contributed by atoms with van der Waals surface area (Å²) < 4.78 is 52.2. The molecule has 0 spiro atoms. The average molecular weight is 540 g/mol. The van der Waals surface area contributed by atoms with Gasteiger partial charge in [-0.05, 0) is 71.7 Å². The Labute approximate surface area is 224 Å². The number of rotatable bonds is 9. The molecule has 0 bridgehead atoms. The van der Waals surface area contributed by atoms with Crippen LogP contribution in [0.5, 0.6) is 5.75 Å². The molecule has 0 unspecified atom stereocenters. The number of carbonyl (C=O) groups excluding carboxylic acids is 2. The molecule has 7 nitrogen and oxygen atoms in total. The minimum Gasteiger partial charge on any atom is -0.493 e. The number of hydrogen-bond donors (Lipinski definition) is 1. The maximum absolute atomic E-state index is 13.8. The van der Waals surface area contributed by atoms with Crippen LogP contribution in [0.15, 0.2) is 66.9 Å². The molecule has 1 aliphatic rings. The Morgan fingerprint density at radius 2 is 1.74 bits per heavy atom. The van der Waals surface area contributed by atoms with Gasteiger partial charge >= 0.3 is 6.18 Å². The van der Waals surface area contributed by atoms with Gasteiger partial charge in [0.25, 0.3) is 5.91 Å². The molecule has 0 aliphatic carbocycles. The molecular formula is C29H28F3N3O4. The van der Waals surface area contributed by atoms with Crippen LogP contribution in [0.4, 0.5) is 19.0 Å². The monoisotopic (exact) mass is 539 g/mol. The molecule has 3 aromatic rings. The smallest absolute Gasteiger partial charge is 0.419 e. The first-order valence-electron chi connectivity index (χ1n) is 12.4. The standard InChI is InChI=1S/C29H28F3N3O4/c30-29(31,32)25-18-23(21-5-7-22(8-6-21)28(37)35-13-16-38-17-14-35)9-11-26(25)39-15-1-2-24(36)10-3-20-4-12-27(33)34-19-20/h3-12,18-19H,1-2,13-17H2,(H2,33,34)/b10-3+. The lowest BCUT2D eigenvalue weighted by Crippen LogP contribution is -2.40. The summed E-state index contributed by atoms with van der Waals surface area (Å²) in [6.07, 6.45) is 0.256. The summed E-state index contributed by atoms with van der Waals surface area (Å²) in [5.41, 5.74) is 6.68. The minimum absolute atomic E-state index is 0.0518. The van der Waals surface area contributed by atoms with Gasteiger partial charge in [-0.2, -0.15) is 13.2 Å². The van der Waals surface area contributed by atoms with E-state index in [-0.39, 0.29) is 36.9 Å². The van der Waals surface area contributed by atoms with Gasteiger partial charge < -0.3 is 20.1 Å². The van der Waals surface area contributed by atoms with E-state index in [4.69, 9.17) is 15.2 Å². The topological polar surface area (TPSA) is 94.8 Å². The fourth-order valence-electron chi connectivity index (χ4n) is 4.03. The lowest BCUT2D eigenvalue weighted by Gasteiger charge is -2.26. The highest BCUT2D eigenvalue weighted by Crippen LogP contribution is 2.39. The Morgan fingerprint density at radius 3 is 2.41 bits per heavy atom. The molecule has 0 atom stereocenters. The van der Waals surface area contributed by atoms with Gasteiger partial charge in [-0.15, -0.1) is 0 Å². The lowest BCUT2D eigenvalue weighted by atomic mass is 10.0. The van der Waals surface area contributed by atoms with Crippen molar-refractivity contribution in [3.63, 3.8) is 0 Å². The van der Waals surface area contributed by atoms with Gasteiger partial charge in [0.1, 0.15) is 11.6 Å². The van der Waals surface area contributed by atoms with Gasteiger partial charge in [-0.3, -0.25) is 9.59 Å². The molecule has 1 fully saturated rings. The fourth-order valence-corrected chi connectivity index (χ4v) is 4.03. The number of allylic oxidation sites excluding steroid dienone is 1. The fraction of sp³-hybridized carbons (Fsp3) is 0.276. The number of alkyl halides is 3. The molecule has 10 heteroatoms. The Morgan fingerprint density at radius 1 is 1.03 bits per heavy atom. The molecule has 1 amide bonds. The van der Waals surface area contributed by atoms with Crippen LogP contribution in [-0.2, 0) is 15.7 Å². The Kier molecular flexibility index (Phi) is 8.98. The van der Waals surface area contributed by atoms with E-state index in [2.05, 4.69) is 4.98 Å². The molecule has 204 valence electrons. The third-order valence-electron chi connectivity index (χ3n) is 6.14. The number of pyridine rings is 1. The molecule has 0 saturated carbocycles. The minimum atomic E-state index is -4.64. The van der Waals surface area contributed by atoms with Crippen LogP contribution in [0.1, 0.15) is 34.3 Å². The molecule has 1 saturated heterocycles. The number of nitrogens with zero attached hydrogens (tertiary/aromatic N) is 2.